The molecule has 0 aliphatic heterocycles. The largest absolute Gasteiger partial charge is 0.463 e. The molecule has 0 spiro atoms. The number of esters is 1. The number of unbranched alkanes of at least 4 members (excludes halogenated alkanes) is 7. The first-order valence-electron chi connectivity index (χ1n) is 8.92. The molecule has 0 aliphatic carbocycles. The maximum absolute atomic E-state index is 11.3. The Morgan fingerprint density at radius 1 is 0.857 bits per heavy atom. The van der Waals surface area contributed by atoms with Crippen LogP contribution in [0, 0.1) is 0 Å². The minimum absolute atomic E-state index is 0.0147. The van der Waals surface area contributed by atoms with Gasteiger partial charge in [-0.25, -0.2) is 0 Å². The normalized spacial score (nSPS) is 10.9. The molecule has 0 N–H and O–H groups in total. The average molecular weight is 296 g/mol. The zero-order valence-corrected chi connectivity index (χ0v) is 14.6. The van der Waals surface area contributed by atoms with Crippen LogP contribution in [0.3, 0.4) is 0 Å². The predicted octanol–water partition coefficient (Wildman–Crippen LogP) is 6.20. The van der Waals surface area contributed by atoms with E-state index in [-0.39, 0.29) is 12.1 Å². The van der Waals surface area contributed by atoms with Gasteiger partial charge in [-0.05, 0) is 46.0 Å². The Kier molecular flexibility index (Phi) is 13.6. The Labute approximate surface area is 132 Å². The van der Waals surface area contributed by atoms with Crippen LogP contribution >= 0.6 is 0 Å². The van der Waals surface area contributed by atoms with Crippen LogP contribution in [0.25, 0.3) is 0 Å². The van der Waals surface area contributed by atoms with Crippen molar-refractivity contribution in [1.29, 1.82) is 0 Å². The van der Waals surface area contributed by atoms with Gasteiger partial charge in [0.2, 0.25) is 0 Å². The van der Waals surface area contributed by atoms with Gasteiger partial charge in [-0.3, -0.25) is 4.79 Å². The second kappa shape index (κ2) is 14.2. The van der Waals surface area contributed by atoms with Crippen molar-refractivity contribution < 1.29 is 9.53 Å². The molecule has 0 fully saturated rings. The van der Waals surface area contributed by atoms with Crippen LogP contribution in [0.4, 0.5) is 0 Å². The van der Waals surface area contributed by atoms with Crippen LogP contribution in [0.15, 0.2) is 12.2 Å². The zero-order valence-electron chi connectivity index (χ0n) is 14.6. The molecule has 0 saturated carbocycles. The van der Waals surface area contributed by atoms with Crippen LogP contribution in [0.5, 0.6) is 0 Å². The number of allylic oxidation sites excluding steroid dienone is 1. The molecule has 0 bridgehead atoms. The van der Waals surface area contributed by atoms with Crippen molar-refractivity contribution in [3.63, 3.8) is 0 Å². The topological polar surface area (TPSA) is 26.3 Å². The third-order valence-corrected chi connectivity index (χ3v) is 3.66. The van der Waals surface area contributed by atoms with Crippen molar-refractivity contribution in [3.8, 4) is 0 Å². The molecule has 0 rings (SSSR count). The Bertz CT molecular complexity index is 269. The smallest absolute Gasteiger partial charge is 0.306 e. The Balaban J connectivity index is 3.28. The minimum Gasteiger partial charge on any atom is -0.463 e. The number of carbonyl (C=O) groups is 1. The van der Waals surface area contributed by atoms with Crippen LogP contribution in [0.2, 0.25) is 0 Å². The molecule has 0 aromatic heterocycles. The molecule has 0 radical (unpaired) electrons. The Morgan fingerprint density at radius 3 is 1.86 bits per heavy atom. The van der Waals surface area contributed by atoms with E-state index in [0.29, 0.717) is 6.42 Å². The number of ether oxygens (including phenoxy) is 1. The highest BCUT2D eigenvalue weighted by Gasteiger charge is 2.04. The molecule has 0 aromatic rings. The van der Waals surface area contributed by atoms with Crippen LogP contribution in [-0.4, -0.2) is 12.1 Å². The molecule has 2 heteroatoms. The molecule has 0 aliphatic rings. The summed E-state index contributed by atoms with van der Waals surface area (Å²) in [5.74, 6) is -0.0505. The molecule has 124 valence electrons. The minimum atomic E-state index is -0.0505. The second-order valence-corrected chi connectivity index (χ2v) is 6.37. The third kappa shape index (κ3) is 15.4. The molecule has 0 atom stereocenters. The fourth-order valence-corrected chi connectivity index (χ4v) is 2.42. The van der Waals surface area contributed by atoms with Crippen molar-refractivity contribution in [2.75, 3.05) is 0 Å². The molecular weight excluding hydrogens is 260 g/mol. The van der Waals surface area contributed by atoms with Gasteiger partial charge in [0, 0.05) is 6.42 Å². The number of carbonyl (C=O) groups excluding carboxylic acids is 1. The monoisotopic (exact) mass is 296 g/mol. The van der Waals surface area contributed by atoms with Gasteiger partial charge in [-0.2, -0.15) is 0 Å². The summed E-state index contributed by atoms with van der Waals surface area (Å²) < 4.78 is 5.11. The lowest BCUT2D eigenvalue weighted by atomic mass is 10.0. The van der Waals surface area contributed by atoms with Crippen molar-refractivity contribution in [3.05, 3.63) is 12.2 Å². The van der Waals surface area contributed by atoms with Crippen LogP contribution in [0.1, 0.15) is 97.8 Å². The lowest BCUT2D eigenvalue weighted by molar-refractivity contribution is -0.147. The van der Waals surface area contributed by atoms with Gasteiger partial charge in [0.05, 0.1) is 6.10 Å². The molecule has 0 amide bonds. The standard InChI is InChI=1S/C19H36O2/c1-5-6-7-11-14-18(4)15-12-9-8-10-13-16-19(20)21-17(2)3/h17H,4-16H2,1-3H3. The maximum atomic E-state index is 11.3. The van der Waals surface area contributed by atoms with E-state index in [2.05, 4.69) is 13.5 Å². The molecule has 0 unspecified atom stereocenters. The van der Waals surface area contributed by atoms with Gasteiger partial charge in [0.15, 0.2) is 0 Å². The first-order chi connectivity index (χ1) is 10.1. The summed E-state index contributed by atoms with van der Waals surface area (Å²) in [4.78, 5) is 11.3. The van der Waals surface area contributed by atoms with Gasteiger partial charge in [0.25, 0.3) is 0 Å². The van der Waals surface area contributed by atoms with Gasteiger partial charge < -0.3 is 4.74 Å². The first kappa shape index (κ1) is 20.2. The summed E-state index contributed by atoms with van der Waals surface area (Å²) in [6.45, 7) is 10.2. The van der Waals surface area contributed by atoms with E-state index in [1.54, 1.807) is 0 Å². The zero-order chi connectivity index (χ0) is 15.9. The third-order valence-electron chi connectivity index (χ3n) is 3.66. The average Bonchev–Trinajstić information content (AvgIpc) is 2.41. The fraction of sp³-hybridized carbons (Fsp3) is 0.842. The summed E-state index contributed by atoms with van der Waals surface area (Å²) >= 11 is 0. The van der Waals surface area contributed by atoms with Crippen molar-refractivity contribution in [2.24, 2.45) is 0 Å². The highest BCUT2D eigenvalue weighted by atomic mass is 16.5. The molecule has 0 aromatic carbocycles. The SMILES string of the molecule is C=C(CCCCCC)CCCCCCCC(=O)OC(C)C. The molecule has 0 saturated heterocycles. The van der Waals surface area contributed by atoms with Crippen LogP contribution < -0.4 is 0 Å². The van der Waals surface area contributed by atoms with E-state index in [1.807, 2.05) is 13.8 Å². The van der Waals surface area contributed by atoms with E-state index in [0.717, 1.165) is 12.8 Å². The van der Waals surface area contributed by atoms with E-state index >= 15 is 0 Å². The van der Waals surface area contributed by atoms with Crippen molar-refractivity contribution in [2.45, 2.75) is 104 Å². The van der Waals surface area contributed by atoms with E-state index in [1.165, 1.54) is 63.4 Å². The van der Waals surface area contributed by atoms with Crippen molar-refractivity contribution in [1.82, 2.24) is 0 Å². The molecule has 21 heavy (non-hydrogen) atoms. The second-order valence-electron chi connectivity index (χ2n) is 6.37. The van der Waals surface area contributed by atoms with Gasteiger partial charge in [-0.15, -0.1) is 0 Å². The lowest BCUT2D eigenvalue weighted by Gasteiger charge is -2.08. The summed E-state index contributed by atoms with van der Waals surface area (Å²) in [6.07, 6.45) is 14.1. The maximum Gasteiger partial charge on any atom is 0.306 e. The Hall–Kier alpha value is -0.790. The quantitative estimate of drug-likeness (QED) is 0.217. The highest BCUT2D eigenvalue weighted by Crippen LogP contribution is 2.16. The molecular formula is C19H36O2. The predicted molar refractivity (Wildman–Crippen MR) is 91.4 cm³/mol. The first-order valence-corrected chi connectivity index (χ1v) is 8.92. The fourth-order valence-electron chi connectivity index (χ4n) is 2.42. The summed E-state index contributed by atoms with van der Waals surface area (Å²) in [6, 6.07) is 0. The van der Waals surface area contributed by atoms with Gasteiger partial charge in [0.1, 0.15) is 0 Å². The Morgan fingerprint density at radius 2 is 1.33 bits per heavy atom. The number of rotatable bonds is 14. The van der Waals surface area contributed by atoms with E-state index in [4.69, 9.17) is 4.74 Å². The highest BCUT2D eigenvalue weighted by molar-refractivity contribution is 5.69. The molecule has 0 heterocycles. The summed E-state index contributed by atoms with van der Waals surface area (Å²) in [7, 11) is 0. The number of hydrogen-bond donors (Lipinski definition) is 0. The number of hydrogen-bond acceptors (Lipinski definition) is 2. The lowest BCUT2D eigenvalue weighted by Crippen LogP contribution is -2.10. The van der Waals surface area contributed by atoms with Crippen molar-refractivity contribution >= 4 is 5.97 Å². The molecule has 2 nitrogen and oxygen atoms in total. The van der Waals surface area contributed by atoms with Crippen LogP contribution in [-0.2, 0) is 9.53 Å². The summed E-state index contributed by atoms with van der Waals surface area (Å²) in [5.41, 5.74) is 1.42. The van der Waals surface area contributed by atoms with Gasteiger partial charge >= 0.3 is 5.97 Å². The summed E-state index contributed by atoms with van der Waals surface area (Å²) in [5, 5.41) is 0. The van der Waals surface area contributed by atoms with Gasteiger partial charge in [-0.1, -0.05) is 57.6 Å². The van der Waals surface area contributed by atoms with E-state index in [9.17, 15) is 4.79 Å². The van der Waals surface area contributed by atoms with E-state index < -0.39 is 0 Å².